The molecule has 0 aliphatic rings. The molecule has 1 aromatic heterocycles. The second kappa shape index (κ2) is 5.71. The number of phenolic OH excluding ortho intramolecular Hbond substituents is 1. The van der Waals surface area contributed by atoms with Crippen molar-refractivity contribution in [3.05, 3.63) is 35.7 Å². The molecule has 1 heterocycles. The highest BCUT2D eigenvalue weighted by Gasteiger charge is 2.16. The Hall–Kier alpha value is -2.08. The Morgan fingerprint density at radius 2 is 2.05 bits per heavy atom. The molecular weight excluding hydrogens is 244 g/mol. The third-order valence-corrected chi connectivity index (χ3v) is 2.96. The van der Waals surface area contributed by atoms with E-state index in [-0.39, 0.29) is 11.8 Å². The molecule has 6 nitrogen and oxygen atoms in total. The van der Waals surface area contributed by atoms with E-state index in [0.29, 0.717) is 18.3 Å². The lowest BCUT2D eigenvalue weighted by atomic mass is 10.1. The Labute approximate surface area is 111 Å². The summed E-state index contributed by atoms with van der Waals surface area (Å²) in [5.74, 6) is 1.20. The summed E-state index contributed by atoms with van der Waals surface area (Å²) >= 11 is 0. The quantitative estimate of drug-likeness (QED) is 0.848. The highest BCUT2D eigenvalue weighted by molar-refractivity contribution is 5.28. The van der Waals surface area contributed by atoms with Crippen molar-refractivity contribution in [3.8, 4) is 5.75 Å². The van der Waals surface area contributed by atoms with E-state index >= 15 is 0 Å². The molecular formula is C13H18N4O2. The maximum atomic E-state index is 9.22. The van der Waals surface area contributed by atoms with Crippen LogP contribution in [0, 0.1) is 0 Å². The number of anilines is 1. The SMILES string of the molecule is CCN(C)c1noc([C@@H](N)Cc2ccc(O)cc2)n1. The van der Waals surface area contributed by atoms with Gasteiger partial charge in [-0.25, -0.2) is 0 Å². The van der Waals surface area contributed by atoms with Gasteiger partial charge in [0, 0.05) is 13.6 Å². The first-order valence-electron chi connectivity index (χ1n) is 6.18. The molecule has 0 bridgehead atoms. The molecule has 0 saturated heterocycles. The number of aromatic hydroxyl groups is 1. The average molecular weight is 262 g/mol. The molecule has 0 radical (unpaired) electrons. The monoisotopic (exact) mass is 262 g/mol. The van der Waals surface area contributed by atoms with E-state index in [0.717, 1.165) is 12.1 Å². The van der Waals surface area contributed by atoms with E-state index in [1.54, 1.807) is 12.1 Å². The molecule has 19 heavy (non-hydrogen) atoms. The van der Waals surface area contributed by atoms with Crippen molar-refractivity contribution in [2.75, 3.05) is 18.5 Å². The van der Waals surface area contributed by atoms with Gasteiger partial charge in [-0.2, -0.15) is 4.98 Å². The van der Waals surface area contributed by atoms with Crippen molar-refractivity contribution in [1.82, 2.24) is 10.1 Å². The molecule has 6 heteroatoms. The minimum absolute atomic E-state index is 0.238. The average Bonchev–Trinajstić information content (AvgIpc) is 2.90. The first-order chi connectivity index (χ1) is 9.10. The van der Waals surface area contributed by atoms with Gasteiger partial charge in [-0.1, -0.05) is 12.1 Å². The fourth-order valence-electron chi connectivity index (χ4n) is 1.65. The van der Waals surface area contributed by atoms with E-state index in [4.69, 9.17) is 10.3 Å². The van der Waals surface area contributed by atoms with Crippen LogP contribution in [0.3, 0.4) is 0 Å². The molecule has 0 aliphatic heterocycles. The van der Waals surface area contributed by atoms with Gasteiger partial charge in [-0.3, -0.25) is 0 Å². The number of hydrogen-bond acceptors (Lipinski definition) is 6. The van der Waals surface area contributed by atoms with Gasteiger partial charge in [0.05, 0.1) is 6.04 Å². The fraction of sp³-hybridized carbons (Fsp3) is 0.385. The van der Waals surface area contributed by atoms with Crippen molar-refractivity contribution in [2.24, 2.45) is 5.73 Å². The van der Waals surface area contributed by atoms with Crippen LogP contribution in [-0.2, 0) is 6.42 Å². The summed E-state index contributed by atoms with van der Waals surface area (Å²) in [5, 5.41) is 13.1. The summed E-state index contributed by atoms with van der Waals surface area (Å²) in [7, 11) is 1.89. The zero-order valence-corrected chi connectivity index (χ0v) is 11.1. The van der Waals surface area contributed by atoms with E-state index in [1.807, 2.05) is 31.0 Å². The molecule has 0 saturated carbocycles. The molecule has 2 rings (SSSR count). The lowest BCUT2D eigenvalue weighted by molar-refractivity contribution is 0.353. The van der Waals surface area contributed by atoms with Crippen LogP contribution in [0.15, 0.2) is 28.8 Å². The van der Waals surface area contributed by atoms with Crippen LogP contribution < -0.4 is 10.6 Å². The van der Waals surface area contributed by atoms with Gasteiger partial charge in [0.25, 0.3) is 5.95 Å². The molecule has 1 atom stereocenters. The number of phenols is 1. The van der Waals surface area contributed by atoms with Gasteiger partial charge in [-0.15, -0.1) is 0 Å². The maximum Gasteiger partial charge on any atom is 0.265 e. The predicted octanol–water partition coefficient (Wildman–Crippen LogP) is 1.47. The third kappa shape index (κ3) is 3.23. The van der Waals surface area contributed by atoms with Crippen LogP contribution in [0.4, 0.5) is 5.95 Å². The highest BCUT2D eigenvalue weighted by atomic mass is 16.5. The van der Waals surface area contributed by atoms with Crippen molar-refractivity contribution >= 4 is 5.95 Å². The molecule has 0 fully saturated rings. The van der Waals surface area contributed by atoms with Gasteiger partial charge in [0.15, 0.2) is 0 Å². The van der Waals surface area contributed by atoms with Crippen molar-refractivity contribution in [1.29, 1.82) is 0 Å². The Bertz CT molecular complexity index is 524. The Morgan fingerprint density at radius 3 is 2.68 bits per heavy atom. The van der Waals surface area contributed by atoms with Crippen LogP contribution in [0.5, 0.6) is 5.75 Å². The zero-order chi connectivity index (χ0) is 13.8. The van der Waals surface area contributed by atoms with Gasteiger partial charge >= 0.3 is 0 Å². The van der Waals surface area contributed by atoms with Gasteiger partial charge < -0.3 is 20.3 Å². The van der Waals surface area contributed by atoms with E-state index in [2.05, 4.69) is 10.1 Å². The summed E-state index contributed by atoms with van der Waals surface area (Å²) in [5.41, 5.74) is 7.05. The molecule has 0 amide bonds. The second-order valence-corrected chi connectivity index (χ2v) is 4.42. The number of hydrogen-bond donors (Lipinski definition) is 2. The first-order valence-corrected chi connectivity index (χ1v) is 6.18. The normalized spacial score (nSPS) is 12.4. The lowest BCUT2D eigenvalue weighted by Crippen LogP contribution is -2.18. The number of nitrogens with two attached hydrogens (primary N) is 1. The van der Waals surface area contributed by atoms with Crippen molar-refractivity contribution < 1.29 is 9.63 Å². The third-order valence-electron chi connectivity index (χ3n) is 2.96. The van der Waals surface area contributed by atoms with Crippen molar-refractivity contribution in [2.45, 2.75) is 19.4 Å². The summed E-state index contributed by atoms with van der Waals surface area (Å²) in [4.78, 5) is 6.14. The molecule has 102 valence electrons. The number of nitrogens with zero attached hydrogens (tertiary/aromatic N) is 3. The lowest BCUT2D eigenvalue weighted by Gasteiger charge is -2.09. The Balaban J connectivity index is 2.05. The minimum atomic E-state index is -0.351. The largest absolute Gasteiger partial charge is 0.508 e. The Kier molecular flexibility index (Phi) is 4.01. The second-order valence-electron chi connectivity index (χ2n) is 4.42. The van der Waals surface area contributed by atoms with Gasteiger partial charge in [-0.05, 0) is 36.2 Å². The van der Waals surface area contributed by atoms with Crippen molar-refractivity contribution in [3.63, 3.8) is 0 Å². The first kappa shape index (κ1) is 13.4. The molecule has 0 aliphatic carbocycles. The molecule has 0 unspecified atom stereocenters. The Morgan fingerprint density at radius 1 is 1.37 bits per heavy atom. The summed E-state index contributed by atoms with van der Waals surface area (Å²) in [6.45, 7) is 2.80. The molecule has 1 aromatic carbocycles. The van der Waals surface area contributed by atoms with Crippen LogP contribution >= 0.6 is 0 Å². The topological polar surface area (TPSA) is 88.4 Å². The molecule has 2 aromatic rings. The number of aromatic nitrogens is 2. The smallest absolute Gasteiger partial charge is 0.265 e. The van der Waals surface area contributed by atoms with Gasteiger partial charge in [0.2, 0.25) is 5.89 Å². The maximum absolute atomic E-state index is 9.22. The van der Waals surface area contributed by atoms with E-state index in [9.17, 15) is 5.11 Å². The standard InChI is InChI=1S/C13H18N4O2/c1-3-17(2)13-15-12(19-16-13)11(14)8-9-4-6-10(18)7-5-9/h4-7,11,18H,3,8,14H2,1-2H3/t11-/m0/s1. The van der Waals surface area contributed by atoms with Crippen LogP contribution in [0.25, 0.3) is 0 Å². The predicted molar refractivity (Wildman–Crippen MR) is 72.0 cm³/mol. The van der Waals surface area contributed by atoms with Gasteiger partial charge in [0.1, 0.15) is 5.75 Å². The minimum Gasteiger partial charge on any atom is -0.508 e. The number of benzene rings is 1. The summed E-state index contributed by atoms with van der Waals surface area (Å²) < 4.78 is 5.17. The van der Waals surface area contributed by atoms with E-state index in [1.165, 1.54) is 0 Å². The molecule has 3 N–H and O–H groups in total. The number of rotatable bonds is 5. The summed E-state index contributed by atoms with van der Waals surface area (Å²) in [6.07, 6.45) is 0.581. The molecule has 0 spiro atoms. The zero-order valence-electron chi connectivity index (χ0n) is 11.1. The van der Waals surface area contributed by atoms with E-state index < -0.39 is 0 Å². The van der Waals surface area contributed by atoms with Crippen LogP contribution in [0.1, 0.15) is 24.4 Å². The fourth-order valence-corrected chi connectivity index (χ4v) is 1.65. The van der Waals surface area contributed by atoms with Crippen LogP contribution in [0.2, 0.25) is 0 Å². The summed E-state index contributed by atoms with van der Waals surface area (Å²) in [6, 6.07) is 6.56. The van der Waals surface area contributed by atoms with Crippen LogP contribution in [-0.4, -0.2) is 28.8 Å². The highest BCUT2D eigenvalue weighted by Crippen LogP contribution is 2.18.